The van der Waals surface area contributed by atoms with E-state index in [-0.39, 0.29) is 17.6 Å². The average Bonchev–Trinajstić information content (AvgIpc) is 2.95. The van der Waals surface area contributed by atoms with Crippen LogP contribution in [0.1, 0.15) is 27.2 Å². The Morgan fingerprint density at radius 1 is 1.11 bits per heavy atom. The number of halogens is 2. The van der Waals surface area contributed by atoms with Crippen LogP contribution < -0.4 is 5.32 Å². The molecule has 0 aliphatic heterocycles. The summed E-state index contributed by atoms with van der Waals surface area (Å²) in [7, 11) is 0. The Kier molecular flexibility index (Phi) is 6.18. The second-order valence-corrected chi connectivity index (χ2v) is 6.62. The van der Waals surface area contributed by atoms with E-state index in [0.717, 1.165) is 11.1 Å². The first-order valence-electron chi connectivity index (χ1n) is 8.34. The molecule has 0 radical (unpaired) electrons. The van der Waals surface area contributed by atoms with Crippen LogP contribution in [0.15, 0.2) is 54.6 Å². The summed E-state index contributed by atoms with van der Waals surface area (Å²) in [4.78, 5) is 12.5. The molecule has 0 aliphatic rings. The quantitative estimate of drug-likeness (QED) is 0.665. The topological polar surface area (TPSA) is 46.9 Å². The van der Waals surface area contributed by atoms with Crippen molar-refractivity contribution in [3.05, 3.63) is 87.2 Å². The third-order valence-electron chi connectivity index (χ3n) is 3.91. The van der Waals surface area contributed by atoms with Crippen LogP contribution in [-0.2, 0) is 6.54 Å². The van der Waals surface area contributed by atoms with Crippen molar-refractivity contribution in [2.45, 2.75) is 13.5 Å². The summed E-state index contributed by atoms with van der Waals surface area (Å²) in [6, 6.07) is 17.0. The van der Waals surface area contributed by atoms with Crippen LogP contribution in [0.4, 0.5) is 0 Å². The molecular weight excluding hydrogens is 381 g/mol. The van der Waals surface area contributed by atoms with Crippen molar-refractivity contribution in [1.29, 1.82) is 0 Å². The molecule has 1 N–H and O–H groups in total. The van der Waals surface area contributed by atoms with Crippen molar-refractivity contribution < 1.29 is 4.79 Å². The zero-order valence-electron chi connectivity index (χ0n) is 14.7. The summed E-state index contributed by atoms with van der Waals surface area (Å²) in [5.41, 5.74) is 2.68. The van der Waals surface area contributed by atoms with Gasteiger partial charge in [-0.25, -0.2) is 4.68 Å². The molecule has 3 rings (SSSR count). The lowest BCUT2D eigenvalue weighted by Gasteiger charge is -2.06. The number of nitrogens with zero attached hydrogens (tertiary/aromatic N) is 2. The third-order valence-corrected chi connectivity index (χ3v) is 4.67. The van der Waals surface area contributed by atoms with E-state index in [1.54, 1.807) is 17.7 Å². The molecule has 0 saturated heterocycles. The lowest BCUT2D eigenvalue weighted by Crippen LogP contribution is -2.24. The monoisotopic (exact) mass is 397 g/mol. The fourth-order valence-electron chi connectivity index (χ4n) is 2.58. The molecule has 1 amide bonds. The van der Waals surface area contributed by atoms with E-state index in [1.165, 1.54) is 0 Å². The van der Waals surface area contributed by atoms with Crippen LogP contribution >= 0.6 is 23.2 Å². The van der Waals surface area contributed by atoms with Gasteiger partial charge < -0.3 is 5.32 Å². The van der Waals surface area contributed by atoms with Crippen LogP contribution in [-0.4, -0.2) is 22.2 Å². The number of nitrogens with one attached hydrogen (secondary N) is 1. The van der Waals surface area contributed by atoms with Gasteiger partial charge in [0.1, 0.15) is 5.15 Å². The Hall–Kier alpha value is -2.74. The van der Waals surface area contributed by atoms with Gasteiger partial charge in [0.15, 0.2) is 0 Å². The predicted octanol–water partition coefficient (Wildman–Crippen LogP) is 4.33. The van der Waals surface area contributed by atoms with Crippen molar-refractivity contribution in [1.82, 2.24) is 15.1 Å². The van der Waals surface area contributed by atoms with Crippen molar-refractivity contribution in [2.24, 2.45) is 0 Å². The van der Waals surface area contributed by atoms with Gasteiger partial charge in [-0.1, -0.05) is 71.4 Å². The molecule has 0 saturated carbocycles. The number of hydrogen-bond acceptors (Lipinski definition) is 2. The summed E-state index contributed by atoms with van der Waals surface area (Å²) >= 11 is 12.6. The van der Waals surface area contributed by atoms with E-state index >= 15 is 0 Å². The van der Waals surface area contributed by atoms with E-state index in [9.17, 15) is 4.79 Å². The van der Waals surface area contributed by atoms with Crippen LogP contribution in [0.5, 0.6) is 0 Å². The van der Waals surface area contributed by atoms with E-state index in [1.807, 2.05) is 48.5 Å². The molecule has 1 heterocycles. The molecule has 0 fully saturated rings. The maximum atomic E-state index is 12.5. The second kappa shape index (κ2) is 8.77. The number of aryl methyl sites for hydroxylation is 1. The van der Waals surface area contributed by atoms with Crippen LogP contribution in [0.25, 0.3) is 0 Å². The summed E-state index contributed by atoms with van der Waals surface area (Å²) in [6.07, 6.45) is 0. The molecule has 6 heteroatoms. The van der Waals surface area contributed by atoms with Gasteiger partial charge in [-0.05, 0) is 30.7 Å². The zero-order chi connectivity index (χ0) is 19.2. The van der Waals surface area contributed by atoms with Gasteiger partial charge >= 0.3 is 0 Å². The fraction of sp³-hybridized carbons (Fsp3) is 0.143. The number of benzene rings is 2. The molecule has 0 atom stereocenters. The Morgan fingerprint density at radius 3 is 2.56 bits per heavy atom. The molecule has 0 bridgehead atoms. The molecule has 0 unspecified atom stereocenters. The smallest absolute Gasteiger partial charge is 0.257 e. The SMILES string of the molecule is Cc1nn(Cc2ccccc2Cl)c(Cl)c1C(=O)NCC#Cc1ccccc1. The van der Waals surface area contributed by atoms with E-state index in [2.05, 4.69) is 22.3 Å². The van der Waals surface area contributed by atoms with E-state index in [4.69, 9.17) is 23.2 Å². The summed E-state index contributed by atoms with van der Waals surface area (Å²) < 4.78 is 1.57. The lowest BCUT2D eigenvalue weighted by molar-refractivity contribution is 0.0958. The predicted molar refractivity (Wildman–Crippen MR) is 108 cm³/mol. The minimum atomic E-state index is -0.301. The van der Waals surface area contributed by atoms with Gasteiger partial charge in [0.05, 0.1) is 24.3 Å². The Morgan fingerprint density at radius 2 is 1.81 bits per heavy atom. The van der Waals surface area contributed by atoms with Gasteiger partial charge in [0, 0.05) is 10.6 Å². The highest BCUT2D eigenvalue weighted by molar-refractivity contribution is 6.33. The summed E-state index contributed by atoms with van der Waals surface area (Å²) in [5, 5.41) is 8.04. The number of rotatable bonds is 4. The molecule has 3 aromatic rings. The first kappa shape index (κ1) is 19.0. The molecular formula is C21H17Cl2N3O. The van der Waals surface area contributed by atoms with Gasteiger partial charge in [0.2, 0.25) is 0 Å². The molecule has 2 aromatic carbocycles. The van der Waals surface area contributed by atoms with Gasteiger partial charge in [-0.2, -0.15) is 5.10 Å². The highest BCUT2D eigenvalue weighted by Gasteiger charge is 2.20. The van der Waals surface area contributed by atoms with E-state index < -0.39 is 0 Å². The highest BCUT2D eigenvalue weighted by Crippen LogP contribution is 2.23. The number of carbonyl (C=O) groups excluding carboxylic acids is 1. The summed E-state index contributed by atoms with van der Waals surface area (Å²) in [5.74, 6) is 5.62. The molecule has 4 nitrogen and oxygen atoms in total. The normalized spacial score (nSPS) is 10.2. The molecule has 136 valence electrons. The minimum absolute atomic E-state index is 0.221. The number of aromatic nitrogens is 2. The minimum Gasteiger partial charge on any atom is -0.341 e. The molecule has 27 heavy (non-hydrogen) atoms. The van der Waals surface area contributed by atoms with Crippen LogP contribution in [0.2, 0.25) is 10.2 Å². The number of amides is 1. The van der Waals surface area contributed by atoms with Crippen molar-refractivity contribution in [2.75, 3.05) is 6.54 Å². The maximum Gasteiger partial charge on any atom is 0.257 e. The van der Waals surface area contributed by atoms with Crippen molar-refractivity contribution in [3.63, 3.8) is 0 Å². The average molecular weight is 398 g/mol. The number of hydrogen-bond donors (Lipinski definition) is 1. The molecule has 0 spiro atoms. The third kappa shape index (κ3) is 4.71. The highest BCUT2D eigenvalue weighted by atomic mass is 35.5. The first-order chi connectivity index (χ1) is 13.1. The number of carbonyl (C=O) groups is 1. The van der Waals surface area contributed by atoms with Gasteiger partial charge in [-0.3, -0.25) is 4.79 Å². The van der Waals surface area contributed by atoms with E-state index in [0.29, 0.717) is 22.8 Å². The lowest BCUT2D eigenvalue weighted by atomic mass is 10.2. The Labute approximate surface area is 168 Å². The van der Waals surface area contributed by atoms with Gasteiger partial charge in [-0.15, -0.1) is 0 Å². The molecule has 0 aliphatic carbocycles. The largest absolute Gasteiger partial charge is 0.341 e. The van der Waals surface area contributed by atoms with Crippen molar-refractivity contribution in [3.8, 4) is 11.8 Å². The van der Waals surface area contributed by atoms with Crippen LogP contribution in [0, 0.1) is 18.8 Å². The van der Waals surface area contributed by atoms with Crippen LogP contribution in [0.3, 0.4) is 0 Å². The Bertz CT molecular complexity index is 1020. The molecule has 1 aromatic heterocycles. The Balaban J connectivity index is 1.69. The second-order valence-electron chi connectivity index (χ2n) is 5.85. The maximum absolute atomic E-state index is 12.5. The first-order valence-corrected chi connectivity index (χ1v) is 9.10. The zero-order valence-corrected chi connectivity index (χ0v) is 16.2. The van der Waals surface area contributed by atoms with Crippen molar-refractivity contribution >= 4 is 29.1 Å². The standard InChI is InChI=1S/C21H17Cl2N3O/c1-15-19(21(27)24-13-7-10-16-8-3-2-4-9-16)20(23)26(25-15)14-17-11-5-6-12-18(17)22/h2-6,8-9,11-12H,13-14H2,1H3,(H,24,27). The fourth-order valence-corrected chi connectivity index (χ4v) is 3.10. The van der Waals surface area contributed by atoms with Gasteiger partial charge in [0.25, 0.3) is 5.91 Å². The summed E-state index contributed by atoms with van der Waals surface area (Å²) in [6.45, 7) is 2.36.